The van der Waals surface area contributed by atoms with Gasteiger partial charge in [-0.15, -0.1) is 0 Å². The number of rotatable bonds is 8. The van der Waals surface area contributed by atoms with Crippen LogP contribution in [0.5, 0.6) is 0 Å². The summed E-state index contributed by atoms with van der Waals surface area (Å²) < 4.78 is 1.92. The summed E-state index contributed by atoms with van der Waals surface area (Å²) >= 11 is 1.18. The molecule has 6 nitrogen and oxygen atoms in total. The Bertz CT molecular complexity index is 445. The average molecular weight is 285 g/mol. The highest BCUT2D eigenvalue weighted by molar-refractivity contribution is 7.99. The van der Waals surface area contributed by atoms with Gasteiger partial charge in [0.2, 0.25) is 5.91 Å². The molecule has 1 amide bonds. The number of aromatic nitrogens is 2. The molecule has 0 fully saturated rings. The first kappa shape index (κ1) is 15.6. The van der Waals surface area contributed by atoms with Crippen molar-refractivity contribution in [3.8, 4) is 0 Å². The predicted molar refractivity (Wildman–Crippen MR) is 73.3 cm³/mol. The standard InChI is InChI=1S/C12H19N3O3S/c1-3-9-7-14-12(19-8-11(17)18)15(9)6-5-10(16)13-4-2/h7H,3-6,8H2,1-2H3,(H,13,16)(H,17,18). The molecule has 0 saturated carbocycles. The van der Waals surface area contributed by atoms with Gasteiger partial charge in [0.15, 0.2) is 5.16 Å². The number of nitrogens with zero attached hydrogens (tertiary/aromatic N) is 2. The monoisotopic (exact) mass is 285 g/mol. The second-order valence-electron chi connectivity index (χ2n) is 3.92. The Morgan fingerprint density at radius 2 is 2.21 bits per heavy atom. The molecule has 0 spiro atoms. The van der Waals surface area contributed by atoms with E-state index in [9.17, 15) is 9.59 Å². The van der Waals surface area contributed by atoms with Gasteiger partial charge in [-0.25, -0.2) is 4.98 Å². The Morgan fingerprint density at radius 3 is 2.79 bits per heavy atom. The SMILES string of the molecule is CCNC(=O)CCn1c(CC)cnc1SCC(=O)O. The number of carboxylic acid groups (broad SMARTS) is 1. The number of aryl methyl sites for hydroxylation is 1. The van der Waals surface area contributed by atoms with E-state index < -0.39 is 5.97 Å². The number of imidazole rings is 1. The fraction of sp³-hybridized carbons (Fsp3) is 0.583. The van der Waals surface area contributed by atoms with Crippen LogP contribution in [0.2, 0.25) is 0 Å². The van der Waals surface area contributed by atoms with Crippen molar-refractivity contribution in [3.63, 3.8) is 0 Å². The van der Waals surface area contributed by atoms with Crippen LogP contribution in [0.1, 0.15) is 26.0 Å². The Hall–Kier alpha value is -1.50. The number of hydrogen-bond acceptors (Lipinski definition) is 4. The van der Waals surface area contributed by atoms with E-state index in [4.69, 9.17) is 5.11 Å². The van der Waals surface area contributed by atoms with Gasteiger partial charge in [-0.2, -0.15) is 0 Å². The summed E-state index contributed by atoms with van der Waals surface area (Å²) in [6.45, 7) is 5.02. The third kappa shape index (κ3) is 4.94. The molecule has 106 valence electrons. The summed E-state index contributed by atoms with van der Waals surface area (Å²) in [6.07, 6.45) is 2.91. The number of hydrogen-bond donors (Lipinski definition) is 2. The van der Waals surface area contributed by atoms with Gasteiger partial charge in [-0.3, -0.25) is 9.59 Å². The molecule has 0 aliphatic rings. The molecule has 2 N–H and O–H groups in total. The van der Waals surface area contributed by atoms with Crippen molar-refractivity contribution in [2.24, 2.45) is 0 Å². The molecule has 0 aromatic carbocycles. The van der Waals surface area contributed by atoms with Crippen molar-refractivity contribution >= 4 is 23.6 Å². The van der Waals surface area contributed by atoms with Gasteiger partial charge in [0.1, 0.15) is 0 Å². The number of nitrogens with one attached hydrogen (secondary N) is 1. The highest BCUT2D eigenvalue weighted by Gasteiger charge is 2.12. The van der Waals surface area contributed by atoms with Crippen LogP contribution in [0.4, 0.5) is 0 Å². The maximum atomic E-state index is 11.5. The molecule has 1 rings (SSSR count). The van der Waals surface area contributed by atoms with Gasteiger partial charge in [0, 0.05) is 31.4 Å². The summed E-state index contributed by atoms with van der Waals surface area (Å²) in [6, 6.07) is 0. The van der Waals surface area contributed by atoms with E-state index in [2.05, 4.69) is 10.3 Å². The quantitative estimate of drug-likeness (QED) is 0.700. The molecule has 0 bridgehead atoms. The molecule has 1 aromatic heterocycles. The molecular formula is C12H19N3O3S. The average Bonchev–Trinajstić information content (AvgIpc) is 2.76. The molecule has 0 saturated heterocycles. The third-order valence-electron chi connectivity index (χ3n) is 2.53. The van der Waals surface area contributed by atoms with Crippen LogP contribution < -0.4 is 5.32 Å². The van der Waals surface area contributed by atoms with E-state index in [1.165, 1.54) is 11.8 Å². The van der Waals surface area contributed by atoms with Crippen LogP contribution in [0.3, 0.4) is 0 Å². The van der Waals surface area contributed by atoms with E-state index in [1.807, 2.05) is 18.4 Å². The lowest BCUT2D eigenvalue weighted by Gasteiger charge is -2.10. The van der Waals surface area contributed by atoms with Gasteiger partial charge in [0.25, 0.3) is 0 Å². The van der Waals surface area contributed by atoms with Crippen molar-refractivity contribution in [2.75, 3.05) is 12.3 Å². The maximum Gasteiger partial charge on any atom is 0.313 e. The summed E-state index contributed by atoms with van der Waals surface area (Å²) in [5, 5.41) is 12.1. The van der Waals surface area contributed by atoms with Crippen LogP contribution in [-0.4, -0.2) is 38.8 Å². The van der Waals surface area contributed by atoms with Crippen LogP contribution >= 0.6 is 11.8 Å². The smallest absolute Gasteiger partial charge is 0.313 e. The van der Waals surface area contributed by atoms with Crippen LogP contribution in [0.25, 0.3) is 0 Å². The highest BCUT2D eigenvalue weighted by atomic mass is 32.2. The lowest BCUT2D eigenvalue weighted by atomic mass is 10.3. The molecule has 7 heteroatoms. The zero-order chi connectivity index (χ0) is 14.3. The van der Waals surface area contributed by atoms with Crippen molar-refractivity contribution in [1.29, 1.82) is 0 Å². The van der Waals surface area contributed by atoms with E-state index >= 15 is 0 Å². The minimum absolute atomic E-state index is 0.00700. The fourth-order valence-corrected chi connectivity index (χ4v) is 2.40. The minimum Gasteiger partial charge on any atom is -0.481 e. The van der Waals surface area contributed by atoms with Gasteiger partial charge < -0.3 is 15.0 Å². The Morgan fingerprint density at radius 1 is 1.47 bits per heavy atom. The Kier molecular flexibility index (Phi) is 6.41. The number of carbonyl (C=O) groups excluding carboxylic acids is 1. The third-order valence-corrected chi connectivity index (χ3v) is 3.50. The first-order valence-electron chi connectivity index (χ1n) is 6.24. The molecule has 0 aliphatic carbocycles. The Balaban J connectivity index is 2.69. The maximum absolute atomic E-state index is 11.5. The lowest BCUT2D eigenvalue weighted by Crippen LogP contribution is -2.24. The molecule has 0 unspecified atom stereocenters. The van der Waals surface area contributed by atoms with Crippen molar-refractivity contribution < 1.29 is 14.7 Å². The largest absolute Gasteiger partial charge is 0.481 e. The van der Waals surface area contributed by atoms with Gasteiger partial charge in [-0.1, -0.05) is 18.7 Å². The van der Waals surface area contributed by atoms with Crippen LogP contribution in [-0.2, 0) is 22.6 Å². The van der Waals surface area contributed by atoms with Crippen molar-refractivity contribution in [3.05, 3.63) is 11.9 Å². The molecule has 0 atom stereocenters. The molecule has 0 radical (unpaired) electrons. The molecule has 19 heavy (non-hydrogen) atoms. The zero-order valence-corrected chi connectivity index (χ0v) is 12.0. The summed E-state index contributed by atoms with van der Waals surface area (Å²) in [7, 11) is 0. The number of amides is 1. The number of aliphatic carboxylic acids is 1. The molecule has 1 aromatic rings. The van der Waals surface area contributed by atoms with Gasteiger partial charge >= 0.3 is 5.97 Å². The van der Waals surface area contributed by atoms with E-state index in [0.717, 1.165) is 12.1 Å². The summed E-state index contributed by atoms with van der Waals surface area (Å²) in [5.41, 5.74) is 1.01. The lowest BCUT2D eigenvalue weighted by molar-refractivity contribution is -0.134. The Labute approximate surface area is 116 Å². The normalized spacial score (nSPS) is 10.4. The van der Waals surface area contributed by atoms with Crippen molar-refractivity contribution in [1.82, 2.24) is 14.9 Å². The number of thioether (sulfide) groups is 1. The first-order chi connectivity index (χ1) is 9.08. The summed E-state index contributed by atoms with van der Waals surface area (Å²) in [4.78, 5) is 26.3. The topological polar surface area (TPSA) is 84.2 Å². The van der Waals surface area contributed by atoms with E-state index in [1.54, 1.807) is 6.20 Å². The number of carboxylic acids is 1. The molecule has 0 aliphatic heterocycles. The van der Waals surface area contributed by atoms with Gasteiger partial charge in [-0.05, 0) is 13.3 Å². The predicted octanol–water partition coefficient (Wildman–Crippen LogP) is 1.15. The second-order valence-corrected chi connectivity index (χ2v) is 4.87. The first-order valence-corrected chi connectivity index (χ1v) is 7.22. The molecular weight excluding hydrogens is 266 g/mol. The van der Waals surface area contributed by atoms with E-state index in [-0.39, 0.29) is 11.7 Å². The van der Waals surface area contributed by atoms with Crippen LogP contribution in [0, 0.1) is 0 Å². The highest BCUT2D eigenvalue weighted by Crippen LogP contribution is 2.19. The zero-order valence-electron chi connectivity index (χ0n) is 11.2. The molecule has 1 heterocycles. The second kappa shape index (κ2) is 7.83. The minimum atomic E-state index is -0.874. The van der Waals surface area contributed by atoms with Crippen molar-refractivity contribution in [2.45, 2.75) is 38.4 Å². The van der Waals surface area contributed by atoms with Crippen LogP contribution in [0.15, 0.2) is 11.4 Å². The van der Waals surface area contributed by atoms with Gasteiger partial charge in [0.05, 0.1) is 5.75 Å². The summed E-state index contributed by atoms with van der Waals surface area (Å²) in [5.74, 6) is -0.907. The fourth-order valence-electron chi connectivity index (χ4n) is 1.65. The number of carbonyl (C=O) groups is 2. The van der Waals surface area contributed by atoms with E-state index in [0.29, 0.717) is 24.7 Å².